The summed E-state index contributed by atoms with van der Waals surface area (Å²) in [5.41, 5.74) is 0. The average Bonchev–Trinajstić information content (AvgIpc) is 2.41. The molecule has 4 nitrogen and oxygen atoms in total. The first-order valence-corrected chi connectivity index (χ1v) is 8.33. The van der Waals surface area contributed by atoms with E-state index >= 15 is 0 Å². The van der Waals surface area contributed by atoms with Gasteiger partial charge in [-0.25, -0.2) is 12.8 Å². The van der Waals surface area contributed by atoms with Gasteiger partial charge in [-0.2, -0.15) is 4.31 Å². The largest absolute Gasteiger partial charge is 0.298 e. The Bertz CT molecular complexity index is 584. The Morgan fingerprint density at radius 3 is 2.30 bits per heavy atom. The average molecular weight is 321 g/mol. The molecule has 112 valence electrons. The van der Waals surface area contributed by atoms with Crippen molar-refractivity contribution in [1.29, 1.82) is 0 Å². The molecule has 1 fully saturated rings. The van der Waals surface area contributed by atoms with Crippen LogP contribution in [0, 0.1) is 5.82 Å². The molecular formula is C13H18ClFN2O2S. The zero-order valence-corrected chi connectivity index (χ0v) is 13.1. The van der Waals surface area contributed by atoms with Gasteiger partial charge in [-0.3, -0.25) is 4.90 Å². The highest BCUT2D eigenvalue weighted by Crippen LogP contribution is 2.23. The topological polar surface area (TPSA) is 40.6 Å². The minimum atomic E-state index is -3.59. The quantitative estimate of drug-likeness (QED) is 0.857. The number of hydrogen-bond acceptors (Lipinski definition) is 3. The molecular weight excluding hydrogens is 303 g/mol. The Labute approximate surface area is 124 Å². The Balaban J connectivity index is 2.17. The molecule has 1 aromatic carbocycles. The summed E-state index contributed by atoms with van der Waals surface area (Å²) < 4.78 is 39.5. The maximum atomic E-state index is 13.1. The third kappa shape index (κ3) is 3.14. The van der Waals surface area contributed by atoms with Gasteiger partial charge in [0.25, 0.3) is 0 Å². The van der Waals surface area contributed by atoms with E-state index in [0.717, 1.165) is 6.07 Å². The van der Waals surface area contributed by atoms with Gasteiger partial charge in [-0.05, 0) is 32.0 Å². The molecule has 0 aromatic heterocycles. The number of rotatable bonds is 3. The summed E-state index contributed by atoms with van der Waals surface area (Å²) in [6.45, 7) is 6.45. The number of piperazine rings is 1. The van der Waals surface area contributed by atoms with E-state index in [1.54, 1.807) is 0 Å². The molecule has 2 rings (SSSR count). The summed E-state index contributed by atoms with van der Waals surface area (Å²) in [5.74, 6) is -0.616. The van der Waals surface area contributed by atoms with Crippen LogP contribution in [0.1, 0.15) is 13.8 Å². The number of nitrogens with zero attached hydrogens (tertiary/aromatic N) is 2. The van der Waals surface area contributed by atoms with Crippen molar-refractivity contribution >= 4 is 21.6 Å². The fourth-order valence-corrected chi connectivity index (χ4v) is 3.94. The molecule has 0 unspecified atom stereocenters. The van der Waals surface area contributed by atoms with Crippen molar-refractivity contribution in [3.63, 3.8) is 0 Å². The maximum absolute atomic E-state index is 13.1. The highest BCUT2D eigenvalue weighted by atomic mass is 35.5. The first kappa shape index (κ1) is 15.7. The minimum absolute atomic E-state index is 0.0434. The first-order valence-electron chi connectivity index (χ1n) is 6.51. The van der Waals surface area contributed by atoms with Gasteiger partial charge in [0.2, 0.25) is 10.0 Å². The monoisotopic (exact) mass is 320 g/mol. The lowest BCUT2D eigenvalue weighted by Crippen LogP contribution is -2.50. The van der Waals surface area contributed by atoms with Gasteiger partial charge in [0.15, 0.2) is 0 Å². The smallest absolute Gasteiger partial charge is 0.243 e. The van der Waals surface area contributed by atoms with Crippen molar-refractivity contribution in [1.82, 2.24) is 9.21 Å². The number of halogens is 2. The molecule has 20 heavy (non-hydrogen) atoms. The van der Waals surface area contributed by atoms with E-state index in [0.29, 0.717) is 32.2 Å². The van der Waals surface area contributed by atoms with Gasteiger partial charge in [-0.15, -0.1) is 0 Å². The number of hydrogen-bond donors (Lipinski definition) is 0. The van der Waals surface area contributed by atoms with Crippen LogP contribution in [-0.4, -0.2) is 49.8 Å². The number of sulfonamides is 1. The van der Waals surface area contributed by atoms with Crippen LogP contribution in [-0.2, 0) is 10.0 Å². The lowest BCUT2D eigenvalue weighted by molar-refractivity contribution is 0.154. The lowest BCUT2D eigenvalue weighted by atomic mass is 10.3. The molecule has 0 aliphatic carbocycles. The van der Waals surface area contributed by atoms with Crippen LogP contribution < -0.4 is 0 Å². The summed E-state index contributed by atoms with van der Waals surface area (Å²) in [4.78, 5) is 2.27. The van der Waals surface area contributed by atoms with E-state index in [2.05, 4.69) is 18.7 Å². The van der Waals surface area contributed by atoms with Crippen LogP contribution in [0.5, 0.6) is 0 Å². The van der Waals surface area contributed by atoms with Crippen LogP contribution in [0.4, 0.5) is 4.39 Å². The van der Waals surface area contributed by atoms with Gasteiger partial charge < -0.3 is 0 Å². The molecule has 1 aromatic rings. The highest BCUT2D eigenvalue weighted by molar-refractivity contribution is 7.89. The van der Waals surface area contributed by atoms with Crippen molar-refractivity contribution < 1.29 is 12.8 Å². The third-order valence-corrected chi connectivity index (χ3v) is 5.72. The molecule has 0 amide bonds. The van der Waals surface area contributed by atoms with E-state index in [1.165, 1.54) is 16.4 Å². The van der Waals surface area contributed by atoms with Crippen LogP contribution in [0.3, 0.4) is 0 Å². The molecule has 0 bridgehead atoms. The molecule has 0 atom stereocenters. The van der Waals surface area contributed by atoms with Gasteiger partial charge >= 0.3 is 0 Å². The molecule has 0 saturated carbocycles. The Kier molecular flexibility index (Phi) is 4.69. The fraction of sp³-hybridized carbons (Fsp3) is 0.538. The molecule has 1 aliphatic rings. The van der Waals surface area contributed by atoms with Gasteiger partial charge in [-0.1, -0.05) is 11.6 Å². The van der Waals surface area contributed by atoms with Crippen molar-refractivity contribution in [3.8, 4) is 0 Å². The van der Waals surface area contributed by atoms with Crippen LogP contribution >= 0.6 is 11.6 Å². The van der Waals surface area contributed by atoms with E-state index in [-0.39, 0.29) is 9.92 Å². The van der Waals surface area contributed by atoms with Gasteiger partial charge in [0.1, 0.15) is 5.82 Å². The molecule has 0 radical (unpaired) electrons. The minimum Gasteiger partial charge on any atom is -0.298 e. The first-order chi connectivity index (χ1) is 9.32. The van der Waals surface area contributed by atoms with Crippen LogP contribution in [0.15, 0.2) is 23.1 Å². The molecule has 1 saturated heterocycles. The van der Waals surface area contributed by atoms with Crippen LogP contribution in [0.2, 0.25) is 5.02 Å². The van der Waals surface area contributed by atoms with E-state index in [9.17, 15) is 12.8 Å². The van der Waals surface area contributed by atoms with E-state index < -0.39 is 15.8 Å². The summed E-state index contributed by atoms with van der Waals surface area (Å²) in [6.07, 6.45) is 0. The van der Waals surface area contributed by atoms with Gasteiger partial charge in [0, 0.05) is 32.2 Å². The van der Waals surface area contributed by atoms with E-state index in [4.69, 9.17) is 11.6 Å². The van der Waals surface area contributed by atoms with E-state index in [1.807, 2.05) is 0 Å². The second-order valence-electron chi connectivity index (χ2n) is 5.11. The summed E-state index contributed by atoms with van der Waals surface area (Å²) >= 11 is 5.66. The summed E-state index contributed by atoms with van der Waals surface area (Å²) in [7, 11) is -3.59. The normalized spacial score (nSPS) is 18.6. The SMILES string of the molecule is CC(C)N1CCN(S(=O)(=O)c2ccc(F)c(Cl)c2)CC1. The Hall–Kier alpha value is -0.690. The number of benzene rings is 1. The van der Waals surface area contributed by atoms with Crippen molar-refractivity contribution in [2.45, 2.75) is 24.8 Å². The van der Waals surface area contributed by atoms with Gasteiger partial charge in [0.05, 0.1) is 9.92 Å². The fourth-order valence-electron chi connectivity index (χ4n) is 2.25. The molecule has 1 heterocycles. The Morgan fingerprint density at radius 1 is 1.20 bits per heavy atom. The summed E-state index contributed by atoms with van der Waals surface area (Å²) in [6, 6.07) is 3.91. The van der Waals surface area contributed by atoms with Crippen LogP contribution in [0.25, 0.3) is 0 Å². The maximum Gasteiger partial charge on any atom is 0.243 e. The molecule has 0 spiro atoms. The standard InChI is InChI=1S/C13H18ClFN2O2S/c1-10(2)16-5-7-17(8-6-16)20(18,19)11-3-4-13(15)12(14)9-11/h3-4,9-10H,5-8H2,1-2H3. The third-order valence-electron chi connectivity index (χ3n) is 3.53. The van der Waals surface area contributed by atoms with Crippen molar-refractivity contribution in [2.24, 2.45) is 0 Å². The lowest BCUT2D eigenvalue weighted by Gasteiger charge is -2.36. The molecule has 1 aliphatic heterocycles. The molecule has 7 heteroatoms. The zero-order valence-electron chi connectivity index (χ0n) is 11.5. The highest BCUT2D eigenvalue weighted by Gasteiger charge is 2.29. The summed E-state index contributed by atoms with van der Waals surface area (Å²) in [5, 5.41) is -0.174. The predicted octanol–water partition coefficient (Wildman–Crippen LogP) is 2.19. The van der Waals surface area contributed by atoms with Crippen molar-refractivity contribution in [3.05, 3.63) is 29.0 Å². The van der Waals surface area contributed by atoms with Crippen molar-refractivity contribution in [2.75, 3.05) is 26.2 Å². The molecule has 0 N–H and O–H groups in total. The second-order valence-corrected chi connectivity index (χ2v) is 7.45. The second kappa shape index (κ2) is 5.97. The Morgan fingerprint density at radius 2 is 1.80 bits per heavy atom. The predicted molar refractivity (Wildman–Crippen MR) is 76.9 cm³/mol. The zero-order chi connectivity index (χ0) is 14.9.